The lowest BCUT2D eigenvalue weighted by atomic mass is 10.1. The highest BCUT2D eigenvalue weighted by Gasteiger charge is 2.32. The molecular weight excluding hydrogens is 326 g/mol. The van der Waals surface area contributed by atoms with Crippen molar-refractivity contribution in [2.75, 3.05) is 5.73 Å². The molecule has 23 heavy (non-hydrogen) atoms. The van der Waals surface area contributed by atoms with Crippen LogP contribution >= 0.6 is 0 Å². The zero-order chi connectivity index (χ0) is 16.9. The molecular formula is C13H9N3O6S. The van der Waals surface area contributed by atoms with Crippen molar-refractivity contribution in [1.29, 1.82) is 0 Å². The Morgan fingerprint density at radius 2 is 1.74 bits per heavy atom. The van der Waals surface area contributed by atoms with E-state index in [4.69, 9.17) is 5.73 Å². The van der Waals surface area contributed by atoms with Crippen LogP contribution in [0.1, 0.15) is 20.7 Å². The molecule has 1 aliphatic rings. The molecule has 0 aliphatic carbocycles. The lowest BCUT2D eigenvalue weighted by Crippen LogP contribution is -2.25. The summed E-state index contributed by atoms with van der Waals surface area (Å²) >= 11 is 0. The van der Waals surface area contributed by atoms with Gasteiger partial charge >= 0.3 is 0 Å². The highest BCUT2D eigenvalue weighted by Crippen LogP contribution is 2.26. The monoisotopic (exact) mass is 335 g/mol. The first kappa shape index (κ1) is 14.9. The summed E-state index contributed by atoms with van der Waals surface area (Å²) in [5, 5.41) is 2.00. The minimum atomic E-state index is -4.64. The van der Waals surface area contributed by atoms with Gasteiger partial charge in [0.05, 0.1) is 16.8 Å². The average molecular weight is 335 g/mol. The van der Waals surface area contributed by atoms with Crippen LogP contribution in [0.3, 0.4) is 0 Å². The minimum Gasteiger partial charge on any atom is -0.384 e. The summed E-state index contributed by atoms with van der Waals surface area (Å²) in [4.78, 5) is 35.1. The van der Waals surface area contributed by atoms with Crippen molar-refractivity contribution in [3.05, 3.63) is 51.8 Å². The van der Waals surface area contributed by atoms with Crippen LogP contribution in [0.4, 0.5) is 5.82 Å². The molecule has 0 fully saturated rings. The van der Waals surface area contributed by atoms with Crippen molar-refractivity contribution >= 4 is 27.8 Å². The number of carbonyl (C=O) groups excluding carboxylic acids is 2. The van der Waals surface area contributed by atoms with Crippen LogP contribution in [-0.4, -0.2) is 29.4 Å². The molecule has 3 rings (SSSR count). The van der Waals surface area contributed by atoms with Gasteiger partial charge in [0.25, 0.3) is 27.5 Å². The maximum absolute atomic E-state index is 12.2. The van der Waals surface area contributed by atoms with Crippen molar-refractivity contribution in [2.24, 2.45) is 0 Å². The second-order valence-electron chi connectivity index (χ2n) is 4.72. The standard InChI is InChI=1S/C13H9N3O6S/c14-11-10-6(12(18)15-13(10)19)5-9(17)16(11)7-3-1-2-4-8(7)23(20,21)22/h1-5H,14H2,(H,15,18,19)(H,20,21,22). The summed E-state index contributed by atoms with van der Waals surface area (Å²) in [7, 11) is -4.64. The molecule has 0 atom stereocenters. The molecule has 0 radical (unpaired) electrons. The quantitative estimate of drug-likeness (QED) is 0.497. The molecule has 2 heterocycles. The fourth-order valence-corrected chi connectivity index (χ4v) is 3.06. The Labute approximate surface area is 129 Å². The Morgan fingerprint density at radius 3 is 2.39 bits per heavy atom. The van der Waals surface area contributed by atoms with Crippen LogP contribution in [0, 0.1) is 0 Å². The number of pyridine rings is 1. The first-order chi connectivity index (χ1) is 10.7. The number of amides is 2. The first-order valence-corrected chi connectivity index (χ1v) is 7.64. The second-order valence-corrected chi connectivity index (χ2v) is 6.11. The molecule has 0 saturated carbocycles. The summed E-state index contributed by atoms with van der Waals surface area (Å²) in [5.41, 5.74) is 4.35. The number of anilines is 1. The van der Waals surface area contributed by atoms with E-state index in [0.717, 1.165) is 16.7 Å². The number of aromatic nitrogens is 1. The number of hydrogen-bond donors (Lipinski definition) is 3. The number of rotatable bonds is 2. The number of para-hydroxylation sites is 1. The van der Waals surface area contributed by atoms with Gasteiger partial charge < -0.3 is 5.73 Å². The van der Waals surface area contributed by atoms with Gasteiger partial charge in [-0.05, 0) is 12.1 Å². The highest BCUT2D eigenvalue weighted by molar-refractivity contribution is 7.86. The van der Waals surface area contributed by atoms with Gasteiger partial charge in [-0.2, -0.15) is 8.42 Å². The summed E-state index contributed by atoms with van der Waals surface area (Å²) < 4.78 is 33.0. The molecule has 0 saturated heterocycles. The number of hydrogen-bond acceptors (Lipinski definition) is 6. The predicted molar refractivity (Wildman–Crippen MR) is 78.1 cm³/mol. The van der Waals surface area contributed by atoms with Crippen LogP contribution in [0.5, 0.6) is 0 Å². The average Bonchev–Trinajstić information content (AvgIpc) is 2.73. The fraction of sp³-hybridized carbons (Fsp3) is 0. The molecule has 1 aromatic carbocycles. The van der Waals surface area contributed by atoms with Gasteiger partial charge in [-0.15, -0.1) is 0 Å². The van der Waals surface area contributed by atoms with Crippen LogP contribution < -0.4 is 16.6 Å². The molecule has 1 aliphatic heterocycles. The Kier molecular flexibility index (Phi) is 3.09. The Hall–Kier alpha value is -2.98. The number of nitrogens with zero attached hydrogens (tertiary/aromatic N) is 1. The van der Waals surface area contributed by atoms with E-state index in [9.17, 15) is 27.4 Å². The van der Waals surface area contributed by atoms with Crippen LogP contribution in [-0.2, 0) is 10.1 Å². The van der Waals surface area contributed by atoms with Gasteiger partial charge in [0.2, 0.25) is 0 Å². The van der Waals surface area contributed by atoms with E-state index in [1.807, 2.05) is 5.32 Å². The lowest BCUT2D eigenvalue weighted by molar-refractivity contribution is 0.0880. The van der Waals surface area contributed by atoms with E-state index in [1.165, 1.54) is 18.2 Å². The maximum Gasteiger partial charge on any atom is 0.296 e. The largest absolute Gasteiger partial charge is 0.384 e. The minimum absolute atomic E-state index is 0.182. The lowest BCUT2D eigenvalue weighted by Gasteiger charge is -2.14. The third kappa shape index (κ3) is 2.20. The van der Waals surface area contributed by atoms with Gasteiger partial charge in [0.1, 0.15) is 10.7 Å². The van der Waals surface area contributed by atoms with Crippen molar-refractivity contribution < 1.29 is 22.6 Å². The van der Waals surface area contributed by atoms with E-state index >= 15 is 0 Å². The topological polar surface area (TPSA) is 149 Å². The van der Waals surface area contributed by atoms with Crippen molar-refractivity contribution in [2.45, 2.75) is 4.90 Å². The zero-order valence-corrected chi connectivity index (χ0v) is 12.1. The zero-order valence-electron chi connectivity index (χ0n) is 11.3. The van der Waals surface area contributed by atoms with Crippen molar-refractivity contribution in [1.82, 2.24) is 9.88 Å². The number of nitrogen functional groups attached to an aromatic ring is 1. The molecule has 9 nitrogen and oxygen atoms in total. The smallest absolute Gasteiger partial charge is 0.296 e. The van der Waals surface area contributed by atoms with Gasteiger partial charge in [0, 0.05) is 6.07 Å². The summed E-state index contributed by atoms with van der Waals surface area (Å²) in [6.07, 6.45) is 0. The van der Waals surface area contributed by atoms with Gasteiger partial charge in [-0.1, -0.05) is 12.1 Å². The third-order valence-corrected chi connectivity index (χ3v) is 4.24. The molecule has 2 aromatic rings. The Bertz CT molecular complexity index is 1040. The van der Waals surface area contributed by atoms with E-state index in [2.05, 4.69) is 0 Å². The van der Waals surface area contributed by atoms with E-state index in [0.29, 0.717) is 0 Å². The summed E-state index contributed by atoms with van der Waals surface area (Å²) in [6.45, 7) is 0. The summed E-state index contributed by atoms with van der Waals surface area (Å²) in [5.74, 6) is -1.95. The molecule has 0 spiro atoms. The predicted octanol–water partition coefficient (Wildman–Crippen LogP) is -0.450. The first-order valence-electron chi connectivity index (χ1n) is 6.20. The Balaban J connectivity index is 2.42. The maximum atomic E-state index is 12.2. The van der Waals surface area contributed by atoms with Crippen molar-refractivity contribution in [3.8, 4) is 5.69 Å². The van der Waals surface area contributed by atoms with Crippen LogP contribution in [0.15, 0.2) is 40.0 Å². The number of imide groups is 1. The van der Waals surface area contributed by atoms with E-state index in [1.54, 1.807) is 0 Å². The number of nitrogens with one attached hydrogen (secondary N) is 1. The highest BCUT2D eigenvalue weighted by atomic mass is 32.2. The second kappa shape index (κ2) is 4.76. The van der Waals surface area contributed by atoms with Crippen molar-refractivity contribution in [3.63, 3.8) is 0 Å². The molecule has 0 unspecified atom stereocenters. The molecule has 4 N–H and O–H groups in total. The molecule has 2 amide bonds. The molecule has 0 bridgehead atoms. The summed E-state index contributed by atoms with van der Waals surface area (Å²) in [6, 6.07) is 5.97. The van der Waals surface area contributed by atoms with Gasteiger partial charge in [0.15, 0.2) is 0 Å². The number of carbonyl (C=O) groups is 2. The fourth-order valence-electron chi connectivity index (χ4n) is 2.39. The Morgan fingerprint density at radius 1 is 1.09 bits per heavy atom. The van der Waals surface area contributed by atoms with Gasteiger partial charge in [-0.25, -0.2) is 0 Å². The number of benzene rings is 1. The SMILES string of the molecule is Nc1c2c(cc(=O)n1-c1ccccc1S(=O)(=O)O)C(=O)NC2=O. The third-order valence-electron chi connectivity index (χ3n) is 3.34. The molecule has 1 aromatic heterocycles. The van der Waals surface area contributed by atoms with Crippen LogP contribution in [0.25, 0.3) is 5.69 Å². The molecule has 10 heteroatoms. The normalized spacial score (nSPS) is 13.8. The van der Waals surface area contributed by atoms with Crippen LogP contribution in [0.2, 0.25) is 0 Å². The van der Waals surface area contributed by atoms with Gasteiger partial charge in [-0.3, -0.25) is 28.8 Å². The van der Waals surface area contributed by atoms with E-state index < -0.39 is 38.2 Å². The van der Waals surface area contributed by atoms with E-state index in [-0.39, 0.29) is 16.8 Å². The molecule has 118 valence electrons. The number of fused-ring (bicyclic) bond motifs is 1. The number of nitrogens with two attached hydrogens (primary N) is 1.